The zero-order valence-electron chi connectivity index (χ0n) is 12.2. The second-order valence-corrected chi connectivity index (χ2v) is 5.82. The molecule has 0 unspecified atom stereocenters. The van der Waals surface area contributed by atoms with Gasteiger partial charge in [0.1, 0.15) is 5.82 Å². The molecule has 1 aliphatic rings. The number of aromatic nitrogens is 1. The first-order valence-corrected chi connectivity index (χ1v) is 7.35. The predicted molar refractivity (Wildman–Crippen MR) is 83.5 cm³/mol. The monoisotopic (exact) mass is 265 g/mol. The summed E-state index contributed by atoms with van der Waals surface area (Å²) in [6, 6.07) is 15.4. The standard InChI is InChI=1S/C18H21N2/c1-14(2)13-20(18-9-5-6-10-19-18)17-11-15-7-3-4-8-16(15)12-17/h3-10,13-14,17H,11-12H2,1-2H3. The SMILES string of the molecule is CC(C)[CH]N(c1ccccn1)C1Cc2ccccc2C1. The molecule has 0 saturated heterocycles. The van der Waals surface area contributed by atoms with Crippen LogP contribution < -0.4 is 4.90 Å². The van der Waals surface area contributed by atoms with Crippen molar-refractivity contribution >= 4 is 5.82 Å². The lowest BCUT2D eigenvalue weighted by Gasteiger charge is -2.31. The topological polar surface area (TPSA) is 16.1 Å². The summed E-state index contributed by atoms with van der Waals surface area (Å²) in [5.41, 5.74) is 2.96. The minimum Gasteiger partial charge on any atom is -0.348 e. The van der Waals surface area contributed by atoms with Crippen molar-refractivity contribution in [3.63, 3.8) is 0 Å². The van der Waals surface area contributed by atoms with E-state index in [9.17, 15) is 0 Å². The van der Waals surface area contributed by atoms with Gasteiger partial charge in [0.25, 0.3) is 0 Å². The molecule has 1 heterocycles. The van der Waals surface area contributed by atoms with Crippen LogP contribution in [0.5, 0.6) is 0 Å². The molecule has 0 atom stereocenters. The molecular formula is C18H21N2. The summed E-state index contributed by atoms with van der Waals surface area (Å²) in [7, 11) is 0. The molecule has 1 aromatic carbocycles. The van der Waals surface area contributed by atoms with Crippen molar-refractivity contribution in [1.82, 2.24) is 4.98 Å². The minimum absolute atomic E-state index is 0.490. The van der Waals surface area contributed by atoms with Gasteiger partial charge in [0.05, 0.1) is 6.54 Å². The van der Waals surface area contributed by atoms with Gasteiger partial charge < -0.3 is 4.90 Å². The summed E-state index contributed by atoms with van der Waals surface area (Å²) in [5.74, 6) is 1.57. The average Bonchev–Trinajstić information content (AvgIpc) is 2.89. The van der Waals surface area contributed by atoms with Crippen molar-refractivity contribution in [2.24, 2.45) is 5.92 Å². The van der Waals surface area contributed by atoms with Crippen LogP contribution in [0.15, 0.2) is 48.7 Å². The third-order valence-electron chi connectivity index (χ3n) is 3.80. The largest absolute Gasteiger partial charge is 0.348 e. The lowest BCUT2D eigenvalue weighted by molar-refractivity contribution is 0.597. The summed E-state index contributed by atoms with van der Waals surface area (Å²) < 4.78 is 0. The van der Waals surface area contributed by atoms with Crippen LogP contribution in [0.2, 0.25) is 0 Å². The number of nitrogens with zero attached hydrogens (tertiary/aromatic N) is 2. The molecule has 1 aromatic heterocycles. The highest BCUT2D eigenvalue weighted by atomic mass is 15.2. The van der Waals surface area contributed by atoms with E-state index in [1.807, 2.05) is 12.3 Å². The normalized spacial score (nSPS) is 14.6. The molecule has 20 heavy (non-hydrogen) atoms. The zero-order valence-corrected chi connectivity index (χ0v) is 12.2. The Kier molecular flexibility index (Phi) is 3.72. The van der Waals surface area contributed by atoms with E-state index in [-0.39, 0.29) is 0 Å². The van der Waals surface area contributed by atoms with Gasteiger partial charge in [0, 0.05) is 12.2 Å². The third-order valence-corrected chi connectivity index (χ3v) is 3.80. The van der Waals surface area contributed by atoms with E-state index in [1.165, 1.54) is 11.1 Å². The van der Waals surface area contributed by atoms with E-state index >= 15 is 0 Å². The highest BCUT2D eigenvalue weighted by molar-refractivity contribution is 5.46. The fourth-order valence-electron chi connectivity index (χ4n) is 2.95. The van der Waals surface area contributed by atoms with E-state index < -0.39 is 0 Å². The Hall–Kier alpha value is -1.83. The molecule has 0 fully saturated rings. The predicted octanol–water partition coefficient (Wildman–Crippen LogP) is 3.87. The average molecular weight is 265 g/mol. The van der Waals surface area contributed by atoms with E-state index in [2.05, 4.69) is 66.7 Å². The van der Waals surface area contributed by atoms with Crippen LogP contribution in [0.4, 0.5) is 5.82 Å². The summed E-state index contributed by atoms with van der Waals surface area (Å²) in [4.78, 5) is 6.90. The smallest absolute Gasteiger partial charge is 0.129 e. The van der Waals surface area contributed by atoms with Gasteiger partial charge >= 0.3 is 0 Å². The number of hydrogen-bond acceptors (Lipinski definition) is 2. The van der Waals surface area contributed by atoms with Gasteiger partial charge in [-0.05, 0) is 42.0 Å². The zero-order chi connectivity index (χ0) is 13.9. The Morgan fingerprint density at radius 2 is 1.70 bits per heavy atom. The number of fused-ring (bicyclic) bond motifs is 1. The number of benzene rings is 1. The number of anilines is 1. The molecule has 103 valence electrons. The molecule has 1 radical (unpaired) electrons. The summed E-state index contributed by atoms with van der Waals surface area (Å²) in [6.45, 7) is 6.74. The molecule has 0 amide bonds. The van der Waals surface area contributed by atoms with Gasteiger partial charge in [0.15, 0.2) is 0 Å². The van der Waals surface area contributed by atoms with Gasteiger partial charge in [-0.25, -0.2) is 4.98 Å². The molecule has 0 saturated carbocycles. The van der Waals surface area contributed by atoms with Gasteiger partial charge in [-0.15, -0.1) is 0 Å². The van der Waals surface area contributed by atoms with Crippen LogP contribution in [0, 0.1) is 12.5 Å². The van der Waals surface area contributed by atoms with E-state index in [4.69, 9.17) is 0 Å². The third kappa shape index (κ3) is 2.69. The lowest BCUT2D eigenvalue weighted by Crippen LogP contribution is -2.35. The van der Waals surface area contributed by atoms with Crippen LogP contribution in [0.3, 0.4) is 0 Å². The maximum atomic E-state index is 4.53. The van der Waals surface area contributed by atoms with Crippen molar-refractivity contribution in [3.8, 4) is 0 Å². The highest BCUT2D eigenvalue weighted by Crippen LogP contribution is 2.29. The highest BCUT2D eigenvalue weighted by Gasteiger charge is 2.27. The summed E-state index contributed by atoms with van der Waals surface area (Å²) in [6.07, 6.45) is 4.09. The molecule has 2 nitrogen and oxygen atoms in total. The molecule has 0 spiro atoms. The quantitative estimate of drug-likeness (QED) is 0.834. The van der Waals surface area contributed by atoms with Crippen LogP contribution in [0.25, 0.3) is 0 Å². The van der Waals surface area contributed by atoms with Gasteiger partial charge in [-0.2, -0.15) is 0 Å². The minimum atomic E-state index is 0.490. The van der Waals surface area contributed by atoms with E-state index in [0.29, 0.717) is 12.0 Å². The van der Waals surface area contributed by atoms with Crippen molar-refractivity contribution in [3.05, 3.63) is 66.3 Å². The van der Waals surface area contributed by atoms with Crippen molar-refractivity contribution < 1.29 is 0 Å². The summed E-state index contributed by atoms with van der Waals surface area (Å²) in [5, 5.41) is 0. The van der Waals surface area contributed by atoms with E-state index in [0.717, 1.165) is 18.7 Å². The molecule has 1 aliphatic carbocycles. The van der Waals surface area contributed by atoms with Crippen LogP contribution in [-0.2, 0) is 12.8 Å². The van der Waals surface area contributed by atoms with Crippen LogP contribution in [0.1, 0.15) is 25.0 Å². The first kappa shape index (κ1) is 13.2. The maximum absolute atomic E-state index is 4.53. The summed E-state index contributed by atoms with van der Waals surface area (Å²) >= 11 is 0. The second-order valence-electron chi connectivity index (χ2n) is 5.82. The van der Waals surface area contributed by atoms with Crippen LogP contribution in [-0.4, -0.2) is 11.0 Å². The molecule has 0 aliphatic heterocycles. The van der Waals surface area contributed by atoms with Gasteiger partial charge in [-0.1, -0.05) is 44.2 Å². The fourth-order valence-corrected chi connectivity index (χ4v) is 2.95. The first-order valence-electron chi connectivity index (χ1n) is 7.35. The maximum Gasteiger partial charge on any atom is 0.129 e. The van der Waals surface area contributed by atoms with E-state index in [1.54, 1.807) is 0 Å². The van der Waals surface area contributed by atoms with Gasteiger partial charge in [-0.3, -0.25) is 0 Å². The number of rotatable bonds is 4. The molecule has 2 heteroatoms. The van der Waals surface area contributed by atoms with Crippen molar-refractivity contribution in [1.29, 1.82) is 0 Å². The molecule has 0 bridgehead atoms. The molecule has 3 rings (SSSR count). The lowest BCUT2D eigenvalue weighted by atomic mass is 10.1. The van der Waals surface area contributed by atoms with Crippen molar-refractivity contribution in [2.75, 3.05) is 4.90 Å². The Labute approximate surface area is 121 Å². The first-order chi connectivity index (χ1) is 9.74. The Balaban J connectivity index is 1.85. The van der Waals surface area contributed by atoms with Gasteiger partial charge in [0.2, 0.25) is 0 Å². The second kappa shape index (κ2) is 5.66. The van der Waals surface area contributed by atoms with Crippen molar-refractivity contribution in [2.45, 2.75) is 32.7 Å². The van der Waals surface area contributed by atoms with Crippen LogP contribution >= 0.6 is 0 Å². The number of pyridine rings is 1. The molecule has 0 N–H and O–H groups in total. The Morgan fingerprint density at radius 1 is 1.05 bits per heavy atom. The molecular weight excluding hydrogens is 244 g/mol. The Bertz CT molecular complexity index is 538. The molecule has 2 aromatic rings. The number of hydrogen-bond donors (Lipinski definition) is 0. The fraction of sp³-hybridized carbons (Fsp3) is 0.333. The Morgan fingerprint density at radius 3 is 2.25 bits per heavy atom.